The summed E-state index contributed by atoms with van der Waals surface area (Å²) in [5.74, 6) is 0.355. The van der Waals surface area contributed by atoms with E-state index in [1.54, 1.807) is 0 Å². The molecule has 0 aromatic rings. The smallest absolute Gasteiger partial charge is 0.393 e. The largest absolute Gasteiger partial charge is 0.426 e. The molecule has 0 saturated heterocycles. The molecule has 0 amide bonds. The molecule has 0 aliphatic heterocycles. The highest BCUT2D eigenvalue weighted by Gasteiger charge is 2.69. The third kappa shape index (κ3) is 5.58. The molecule has 3 saturated carbocycles. The van der Waals surface area contributed by atoms with Crippen LogP contribution in [-0.4, -0.2) is 45.5 Å². The summed E-state index contributed by atoms with van der Waals surface area (Å²) in [6, 6.07) is 0. The van der Waals surface area contributed by atoms with E-state index in [9.17, 15) is 41.7 Å². The highest BCUT2D eigenvalue weighted by Crippen LogP contribution is 2.60. The minimum Gasteiger partial charge on any atom is -0.393 e. The molecular weight excluding hydrogens is 486 g/mol. The summed E-state index contributed by atoms with van der Waals surface area (Å²) in [7, 11) is 0. The average molecular weight is 525 g/mol. The van der Waals surface area contributed by atoms with Crippen LogP contribution >= 0.6 is 0 Å². The van der Waals surface area contributed by atoms with Crippen molar-refractivity contribution >= 4 is 0 Å². The Hall–Kier alpha value is -1.32. The van der Waals surface area contributed by atoms with E-state index in [1.165, 1.54) is 5.57 Å². The summed E-state index contributed by atoms with van der Waals surface area (Å²) in [4.78, 5) is 0. The Labute approximate surface area is 209 Å². The Morgan fingerprint density at radius 3 is 2.33 bits per heavy atom. The summed E-state index contributed by atoms with van der Waals surface area (Å²) in [5, 5.41) is 29.5. The quantitative estimate of drug-likeness (QED) is 0.336. The molecule has 3 N–H and O–H groups in total. The standard InChI is InChI=1S/C27H38F6O3/c1-16(6-4-13-25(36,26(28,29)30)27(31,32)33)21-10-11-22-18(7-5-12-24(21,22)3)8-9-19-14-20(34)15-23(35)17(19)2/h8-9,16,20-23,34-36H,2,4-7,10-15H2,1,3H3/b18-8?,19-9-/t16-,20-,21-,22?,23-,24-/m1/s1. The predicted octanol–water partition coefficient (Wildman–Crippen LogP) is 6.79. The molecule has 0 aromatic carbocycles. The second-order valence-corrected chi connectivity index (χ2v) is 11.4. The van der Waals surface area contributed by atoms with Crippen LogP contribution in [0.5, 0.6) is 0 Å². The van der Waals surface area contributed by atoms with E-state index in [0.29, 0.717) is 12.0 Å². The normalized spacial score (nSPS) is 35.4. The van der Waals surface area contributed by atoms with Gasteiger partial charge in [0.25, 0.3) is 5.60 Å². The van der Waals surface area contributed by atoms with Gasteiger partial charge in [0.15, 0.2) is 0 Å². The number of halogens is 6. The summed E-state index contributed by atoms with van der Waals surface area (Å²) in [6.45, 7) is 8.03. The number of hydrogen-bond donors (Lipinski definition) is 3. The van der Waals surface area contributed by atoms with Gasteiger partial charge >= 0.3 is 12.4 Å². The van der Waals surface area contributed by atoms with Crippen LogP contribution in [0.1, 0.15) is 78.1 Å². The van der Waals surface area contributed by atoms with Crippen molar-refractivity contribution in [3.63, 3.8) is 0 Å². The molecule has 3 aliphatic carbocycles. The van der Waals surface area contributed by atoms with Crippen LogP contribution in [-0.2, 0) is 0 Å². The number of fused-ring (bicyclic) bond motifs is 1. The van der Waals surface area contributed by atoms with Crippen LogP contribution in [0.25, 0.3) is 0 Å². The van der Waals surface area contributed by atoms with Gasteiger partial charge < -0.3 is 15.3 Å². The van der Waals surface area contributed by atoms with Gasteiger partial charge in [0, 0.05) is 6.42 Å². The Bertz CT molecular complexity index is 860. The molecule has 36 heavy (non-hydrogen) atoms. The van der Waals surface area contributed by atoms with Crippen LogP contribution in [0.3, 0.4) is 0 Å². The second-order valence-electron chi connectivity index (χ2n) is 11.4. The van der Waals surface area contributed by atoms with Gasteiger partial charge in [-0.1, -0.05) is 44.6 Å². The lowest BCUT2D eigenvalue weighted by atomic mass is 9.60. The van der Waals surface area contributed by atoms with E-state index in [1.807, 2.05) is 13.0 Å². The highest BCUT2D eigenvalue weighted by atomic mass is 19.4. The van der Waals surface area contributed by atoms with Crippen molar-refractivity contribution in [3.05, 3.63) is 35.5 Å². The van der Waals surface area contributed by atoms with Crippen LogP contribution < -0.4 is 0 Å². The zero-order valence-corrected chi connectivity index (χ0v) is 20.9. The first-order valence-electron chi connectivity index (χ1n) is 12.8. The maximum atomic E-state index is 13.0. The molecule has 6 atom stereocenters. The molecule has 0 spiro atoms. The average Bonchev–Trinajstić information content (AvgIpc) is 3.11. The van der Waals surface area contributed by atoms with E-state index in [2.05, 4.69) is 19.6 Å². The van der Waals surface area contributed by atoms with Crippen LogP contribution in [0.4, 0.5) is 26.3 Å². The molecule has 0 heterocycles. The summed E-state index contributed by atoms with van der Waals surface area (Å²) in [5.41, 5.74) is -2.08. The zero-order valence-electron chi connectivity index (χ0n) is 20.9. The molecule has 9 heteroatoms. The number of rotatable bonds is 6. The monoisotopic (exact) mass is 524 g/mol. The molecule has 3 aliphatic rings. The van der Waals surface area contributed by atoms with Gasteiger partial charge in [0.05, 0.1) is 12.2 Å². The lowest BCUT2D eigenvalue weighted by Gasteiger charge is -2.44. The Morgan fingerprint density at radius 2 is 1.72 bits per heavy atom. The summed E-state index contributed by atoms with van der Waals surface area (Å²) >= 11 is 0. The van der Waals surface area contributed by atoms with Crippen molar-refractivity contribution in [3.8, 4) is 0 Å². The molecule has 3 fully saturated rings. The topological polar surface area (TPSA) is 60.7 Å². The van der Waals surface area contributed by atoms with Gasteiger partial charge in [-0.2, -0.15) is 26.3 Å². The van der Waals surface area contributed by atoms with Crippen molar-refractivity contribution in [2.45, 2.75) is 108 Å². The molecule has 3 rings (SSSR count). The third-order valence-corrected chi connectivity index (χ3v) is 9.12. The van der Waals surface area contributed by atoms with Crippen LogP contribution in [0, 0.1) is 23.2 Å². The SMILES string of the molecule is C=C1/C(=C\C=C2CCC[C@@]3(C)C2CC[C@@H]3[C@H](C)CCCC(O)(C(F)(F)F)C(F)(F)F)C[C@@H](O)C[C@H]1O. The van der Waals surface area contributed by atoms with Crippen LogP contribution in [0.2, 0.25) is 0 Å². The minimum atomic E-state index is -5.77. The predicted molar refractivity (Wildman–Crippen MR) is 125 cm³/mol. The lowest BCUT2D eigenvalue weighted by molar-refractivity contribution is -0.370. The second kappa shape index (κ2) is 10.4. The fourth-order valence-electron chi connectivity index (χ4n) is 7.00. The number of alkyl halides is 6. The fourth-order valence-corrected chi connectivity index (χ4v) is 7.00. The molecule has 1 unspecified atom stereocenters. The van der Waals surface area contributed by atoms with E-state index < -0.39 is 36.6 Å². The summed E-state index contributed by atoms with van der Waals surface area (Å²) in [6.07, 6.45) is -5.24. The van der Waals surface area contributed by atoms with E-state index in [4.69, 9.17) is 0 Å². The molecular formula is C27H38F6O3. The summed E-state index contributed by atoms with van der Waals surface area (Å²) < 4.78 is 78.1. The zero-order chi connectivity index (χ0) is 27.1. The number of allylic oxidation sites excluding steroid dienone is 3. The molecule has 0 bridgehead atoms. The van der Waals surface area contributed by atoms with Gasteiger partial charge in [0.2, 0.25) is 0 Å². The third-order valence-electron chi connectivity index (χ3n) is 9.12. The van der Waals surface area contributed by atoms with Crippen molar-refractivity contribution in [2.75, 3.05) is 0 Å². The number of hydrogen-bond acceptors (Lipinski definition) is 3. The Kier molecular flexibility index (Phi) is 8.48. The first kappa shape index (κ1) is 29.2. The van der Waals surface area contributed by atoms with Gasteiger partial charge in [-0.25, -0.2) is 0 Å². The molecule has 0 radical (unpaired) electrons. The molecule has 206 valence electrons. The number of aliphatic hydroxyl groups excluding tert-OH is 2. The van der Waals surface area contributed by atoms with E-state index in [-0.39, 0.29) is 42.4 Å². The van der Waals surface area contributed by atoms with Crippen molar-refractivity contribution in [2.24, 2.45) is 23.2 Å². The molecule has 3 nitrogen and oxygen atoms in total. The maximum absolute atomic E-state index is 13.0. The lowest BCUT2D eigenvalue weighted by Crippen LogP contribution is -2.56. The fraction of sp³-hybridized carbons (Fsp3) is 0.778. The maximum Gasteiger partial charge on any atom is 0.426 e. The minimum absolute atomic E-state index is 0.0770. The van der Waals surface area contributed by atoms with Gasteiger partial charge in [-0.3, -0.25) is 0 Å². The van der Waals surface area contributed by atoms with E-state index >= 15 is 0 Å². The Morgan fingerprint density at radius 1 is 1.08 bits per heavy atom. The first-order chi connectivity index (χ1) is 16.5. The van der Waals surface area contributed by atoms with Gasteiger partial charge in [0.1, 0.15) is 0 Å². The van der Waals surface area contributed by atoms with E-state index in [0.717, 1.165) is 37.7 Å². The van der Waals surface area contributed by atoms with Crippen molar-refractivity contribution in [1.82, 2.24) is 0 Å². The first-order valence-corrected chi connectivity index (χ1v) is 12.8. The molecule has 0 aromatic heterocycles. The van der Waals surface area contributed by atoms with Gasteiger partial charge in [-0.05, 0) is 85.7 Å². The van der Waals surface area contributed by atoms with Crippen molar-refractivity contribution in [1.29, 1.82) is 0 Å². The van der Waals surface area contributed by atoms with Gasteiger partial charge in [-0.15, -0.1) is 0 Å². The van der Waals surface area contributed by atoms with Crippen molar-refractivity contribution < 1.29 is 41.7 Å². The Balaban J connectivity index is 1.69. The highest BCUT2D eigenvalue weighted by molar-refractivity contribution is 5.38. The number of aliphatic hydroxyl groups is 3. The van der Waals surface area contributed by atoms with Crippen LogP contribution in [0.15, 0.2) is 35.5 Å².